The molecule has 0 spiro atoms. The molecule has 1 fully saturated rings. The fourth-order valence-electron chi connectivity index (χ4n) is 5.32. The highest BCUT2D eigenvalue weighted by Gasteiger charge is 2.25. The number of carbonyl (C=O) groups is 1. The number of para-hydroxylation sites is 1. The van der Waals surface area contributed by atoms with Crippen LogP contribution in [0.15, 0.2) is 42.5 Å². The van der Waals surface area contributed by atoms with Crippen molar-refractivity contribution >= 4 is 16.9 Å². The summed E-state index contributed by atoms with van der Waals surface area (Å²) < 4.78 is 22.4. The average Bonchev–Trinajstić information content (AvgIpc) is 3.06. The minimum atomic E-state index is -0.668. The van der Waals surface area contributed by atoms with E-state index in [9.17, 15) is 14.3 Å². The van der Waals surface area contributed by atoms with Crippen LogP contribution in [0.4, 0.5) is 4.39 Å². The van der Waals surface area contributed by atoms with Crippen LogP contribution in [0.1, 0.15) is 60.8 Å². The number of esters is 1. The normalized spacial score (nSPS) is 15.6. The molecule has 0 atom stereocenters. The first kappa shape index (κ1) is 25.4. The van der Waals surface area contributed by atoms with Crippen LogP contribution < -0.4 is 0 Å². The number of hydrogen-bond donors (Lipinski definition) is 1. The number of nitrogens with zero attached hydrogens (tertiary/aromatic N) is 2. The van der Waals surface area contributed by atoms with Crippen LogP contribution >= 0.6 is 0 Å². The summed E-state index contributed by atoms with van der Waals surface area (Å²) in [6.07, 6.45) is 2.67. The highest BCUT2D eigenvalue weighted by atomic mass is 19.1. The van der Waals surface area contributed by atoms with Crippen LogP contribution in [0.25, 0.3) is 10.9 Å². The number of aromatic nitrogens is 1. The zero-order valence-corrected chi connectivity index (χ0v) is 21.3. The van der Waals surface area contributed by atoms with Gasteiger partial charge >= 0.3 is 5.97 Å². The quantitative estimate of drug-likeness (QED) is 0.442. The monoisotopic (exact) mass is 480 g/mol. The molecule has 0 radical (unpaired) electrons. The molecule has 1 aliphatic rings. The van der Waals surface area contributed by atoms with E-state index >= 15 is 0 Å². The van der Waals surface area contributed by atoms with Crippen LogP contribution in [0.2, 0.25) is 0 Å². The van der Waals surface area contributed by atoms with Crippen molar-refractivity contribution in [3.05, 3.63) is 70.7 Å². The Kier molecular flexibility index (Phi) is 7.62. The van der Waals surface area contributed by atoms with E-state index in [1.165, 1.54) is 17.3 Å². The van der Waals surface area contributed by atoms with E-state index in [1.807, 2.05) is 19.9 Å². The fourth-order valence-corrected chi connectivity index (χ4v) is 5.32. The highest BCUT2D eigenvalue weighted by Crippen LogP contribution is 2.31. The molecule has 3 aromatic rings. The molecule has 1 saturated heterocycles. The van der Waals surface area contributed by atoms with Crippen molar-refractivity contribution in [2.75, 3.05) is 26.2 Å². The fraction of sp³-hybridized carbons (Fsp3) is 0.483. The lowest BCUT2D eigenvalue weighted by Crippen LogP contribution is -2.43. The number of hydrogen-bond acceptors (Lipinski definition) is 4. The van der Waals surface area contributed by atoms with Gasteiger partial charge < -0.3 is 19.3 Å². The minimum absolute atomic E-state index is 0.239. The maximum atomic E-state index is 15.0. The minimum Gasteiger partial charge on any atom is -0.462 e. The smallest absolute Gasteiger partial charge is 0.338 e. The topological polar surface area (TPSA) is 54.7 Å². The Hall–Kier alpha value is -2.70. The van der Waals surface area contributed by atoms with Gasteiger partial charge in [0.15, 0.2) is 0 Å². The Balaban J connectivity index is 1.55. The van der Waals surface area contributed by atoms with E-state index in [0.717, 1.165) is 43.4 Å². The molecular weight excluding hydrogens is 443 g/mol. The number of carbonyl (C=O) groups excluding carboxylic acids is 1. The van der Waals surface area contributed by atoms with Crippen molar-refractivity contribution in [1.82, 2.24) is 9.47 Å². The number of ether oxygens (including phenoxy) is 1. The zero-order chi connectivity index (χ0) is 25.2. The Morgan fingerprint density at radius 2 is 1.89 bits per heavy atom. The van der Waals surface area contributed by atoms with Crippen LogP contribution in [0.3, 0.4) is 0 Å². The summed E-state index contributed by atoms with van der Waals surface area (Å²) >= 11 is 0. The molecule has 4 rings (SSSR count). The number of halogens is 1. The first-order valence-corrected chi connectivity index (χ1v) is 12.6. The Morgan fingerprint density at radius 3 is 2.54 bits per heavy atom. The summed E-state index contributed by atoms with van der Waals surface area (Å²) in [6, 6.07) is 13.0. The van der Waals surface area contributed by atoms with Crippen molar-refractivity contribution in [2.45, 2.75) is 59.1 Å². The molecule has 6 heteroatoms. The lowest BCUT2D eigenvalue weighted by molar-refractivity contribution is 0.0234. The van der Waals surface area contributed by atoms with E-state index in [4.69, 9.17) is 4.74 Å². The maximum Gasteiger partial charge on any atom is 0.338 e. The predicted molar refractivity (Wildman–Crippen MR) is 137 cm³/mol. The van der Waals surface area contributed by atoms with E-state index in [1.54, 1.807) is 19.1 Å². The third-order valence-corrected chi connectivity index (χ3v) is 7.05. The zero-order valence-electron chi connectivity index (χ0n) is 21.3. The molecule has 2 heterocycles. The number of fused-ring (bicyclic) bond motifs is 1. The highest BCUT2D eigenvalue weighted by molar-refractivity contribution is 5.89. The van der Waals surface area contributed by atoms with Gasteiger partial charge in [0.25, 0.3) is 0 Å². The van der Waals surface area contributed by atoms with Crippen LogP contribution in [-0.4, -0.2) is 52.4 Å². The number of β-amino-alcohol motifs (C(OH)–C–C–N with tert-alkyl or cyclic N) is 1. The predicted octanol–water partition coefficient (Wildman–Crippen LogP) is 5.34. The van der Waals surface area contributed by atoms with Crippen molar-refractivity contribution < 1.29 is 19.0 Å². The summed E-state index contributed by atoms with van der Waals surface area (Å²) in [4.78, 5) is 14.3. The van der Waals surface area contributed by atoms with E-state index in [0.29, 0.717) is 24.4 Å². The second kappa shape index (κ2) is 10.5. The van der Waals surface area contributed by atoms with Crippen molar-refractivity contribution in [3.63, 3.8) is 0 Å². The second-order valence-electron chi connectivity index (χ2n) is 10.4. The van der Waals surface area contributed by atoms with Gasteiger partial charge in [-0.2, -0.15) is 0 Å². The lowest BCUT2D eigenvalue weighted by atomic mass is 9.95. The van der Waals surface area contributed by atoms with Crippen molar-refractivity contribution in [2.24, 2.45) is 5.92 Å². The standard InChI is InChI=1S/C29H37FN2O3/c1-5-35-28(33)23-11-10-22(26(30)17-23)16-25-20(2)32(27-9-7-6-8-24(25)27)18-21-12-14-31(15-13-21)19-29(3,4)34/h6-11,17,21,34H,5,12-16,18-19H2,1-4H3. The van der Waals surface area contributed by atoms with Crippen LogP contribution in [-0.2, 0) is 17.7 Å². The van der Waals surface area contributed by atoms with E-state index in [-0.39, 0.29) is 18.0 Å². The molecule has 1 aromatic heterocycles. The molecule has 0 aliphatic carbocycles. The summed E-state index contributed by atoms with van der Waals surface area (Å²) in [5.41, 5.74) is 3.62. The summed E-state index contributed by atoms with van der Waals surface area (Å²) in [7, 11) is 0. The summed E-state index contributed by atoms with van der Waals surface area (Å²) in [5, 5.41) is 11.3. The number of likely N-dealkylation sites (tertiary alicyclic amines) is 1. The Labute approximate surface area is 207 Å². The largest absolute Gasteiger partial charge is 0.462 e. The molecule has 2 aromatic carbocycles. The molecule has 5 nitrogen and oxygen atoms in total. The SMILES string of the molecule is CCOC(=O)c1ccc(Cc2c(C)n(CC3CCN(CC(C)(C)O)CC3)c3ccccc23)c(F)c1. The Morgan fingerprint density at radius 1 is 1.17 bits per heavy atom. The molecule has 1 N–H and O–H groups in total. The number of aliphatic hydroxyl groups is 1. The maximum absolute atomic E-state index is 15.0. The molecule has 0 saturated carbocycles. The van der Waals surface area contributed by atoms with Crippen molar-refractivity contribution in [3.8, 4) is 0 Å². The summed E-state index contributed by atoms with van der Waals surface area (Å²) in [6.45, 7) is 11.5. The molecule has 1 aliphatic heterocycles. The number of rotatable bonds is 8. The molecular formula is C29H37FN2O3. The lowest BCUT2D eigenvalue weighted by Gasteiger charge is -2.35. The molecule has 188 valence electrons. The van der Waals surface area contributed by atoms with Gasteiger partial charge in [0.05, 0.1) is 17.8 Å². The van der Waals surface area contributed by atoms with Gasteiger partial charge in [-0.15, -0.1) is 0 Å². The second-order valence-corrected chi connectivity index (χ2v) is 10.4. The van der Waals surface area contributed by atoms with E-state index < -0.39 is 11.6 Å². The molecule has 0 amide bonds. The molecule has 35 heavy (non-hydrogen) atoms. The van der Waals surface area contributed by atoms with Crippen molar-refractivity contribution in [1.29, 1.82) is 0 Å². The third-order valence-electron chi connectivity index (χ3n) is 7.05. The van der Waals surface area contributed by atoms with Gasteiger partial charge in [-0.25, -0.2) is 9.18 Å². The van der Waals surface area contributed by atoms with E-state index in [2.05, 4.69) is 34.6 Å². The van der Waals surface area contributed by atoms with Gasteiger partial charge in [-0.05, 0) is 88.9 Å². The van der Waals surface area contributed by atoms with Gasteiger partial charge in [0.2, 0.25) is 0 Å². The number of benzene rings is 2. The average molecular weight is 481 g/mol. The van der Waals surface area contributed by atoms with Gasteiger partial charge in [-0.3, -0.25) is 0 Å². The van der Waals surface area contributed by atoms with Crippen LogP contribution in [0, 0.1) is 18.7 Å². The number of piperidine rings is 1. The third kappa shape index (κ3) is 5.93. The van der Waals surface area contributed by atoms with Gasteiger partial charge in [0, 0.05) is 36.1 Å². The van der Waals surface area contributed by atoms with Gasteiger partial charge in [-0.1, -0.05) is 24.3 Å². The first-order chi connectivity index (χ1) is 16.7. The molecule has 0 unspecified atom stereocenters. The Bertz CT molecular complexity index is 1190. The molecule has 0 bridgehead atoms. The summed E-state index contributed by atoms with van der Waals surface area (Å²) in [5.74, 6) is -0.318. The first-order valence-electron chi connectivity index (χ1n) is 12.6. The van der Waals surface area contributed by atoms with Crippen LogP contribution in [0.5, 0.6) is 0 Å². The van der Waals surface area contributed by atoms with Gasteiger partial charge in [0.1, 0.15) is 5.82 Å².